The van der Waals surface area contributed by atoms with E-state index in [-0.39, 0.29) is 5.92 Å². The zero-order chi connectivity index (χ0) is 22.9. The molecule has 1 saturated heterocycles. The Labute approximate surface area is 188 Å². The SMILES string of the molecule is COc1cc(OC)cc(-c2noc([C@H]3CCCN(S(=O)(=O)c4ccc(C)c(C)c4)C3)n2)c1. The van der Waals surface area contributed by atoms with Crippen molar-refractivity contribution in [1.29, 1.82) is 0 Å². The maximum Gasteiger partial charge on any atom is 0.243 e. The molecule has 1 aliphatic rings. The van der Waals surface area contributed by atoms with Crippen LogP contribution in [0.5, 0.6) is 11.5 Å². The predicted octanol–water partition coefficient (Wildman–Crippen LogP) is 3.94. The molecule has 3 aromatic rings. The molecule has 0 radical (unpaired) electrons. The number of hydrogen-bond acceptors (Lipinski definition) is 7. The number of piperidine rings is 1. The Morgan fingerprint density at radius 1 is 1.03 bits per heavy atom. The first-order valence-electron chi connectivity index (χ1n) is 10.5. The standard InChI is InChI=1S/C23H27N3O5S/c1-15-7-8-21(10-16(15)2)32(27,28)26-9-5-6-17(14-26)23-24-22(25-31-23)18-11-19(29-3)13-20(12-18)30-4/h7-8,10-13,17H,5-6,9,14H2,1-4H3/t17-/m0/s1. The van der Waals surface area contributed by atoms with Crippen molar-refractivity contribution in [2.45, 2.75) is 37.5 Å². The van der Waals surface area contributed by atoms with E-state index in [2.05, 4.69) is 10.1 Å². The third kappa shape index (κ3) is 4.35. The van der Waals surface area contributed by atoms with Crippen LogP contribution in [0.3, 0.4) is 0 Å². The second kappa shape index (κ2) is 8.91. The average molecular weight is 458 g/mol. The lowest BCUT2D eigenvalue weighted by molar-refractivity contribution is 0.265. The molecule has 2 heterocycles. The molecule has 32 heavy (non-hydrogen) atoms. The molecule has 0 aliphatic carbocycles. The lowest BCUT2D eigenvalue weighted by Gasteiger charge is -2.30. The number of rotatable bonds is 6. The Bertz CT molecular complexity index is 1200. The fourth-order valence-corrected chi connectivity index (χ4v) is 5.45. The van der Waals surface area contributed by atoms with E-state index in [9.17, 15) is 8.42 Å². The Hall–Kier alpha value is -2.91. The molecule has 9 heteroatoms. The molecule has 0 amide bonds. The molecule has 2 aromatic carbocycles. The van der Waals surface area contributed by atoms with Crippen molar-refractivity contribution in [3.63, 3.8) is 0 Å². The highest BCUT2D eigenvalue weighted by molar-refractivity contribution is 7.89. The summed E-state index contributed by atoms with van der Waals surface area (Å²) in [6.45, 7) is 4.66. The van der Waals surface area contributed by atoms with E-state index in [1.165, 1.54) is 4.31 Å². The van der Waals surface area contributed by atoms with Gasteiger partial charge in [0.05, 0.1) is 25.0 Å². The van der Waals surface area contributed by atoms with Crippen molar-refractivity contribution < 1.29 is 22.4 Å². The van der Waals surface area contributed by atoms with Gasteiger partial charge in [-0.3, -0.25) is 0 Å². The monoisotopic (exact) mass is 457 g/mol. The first kappa shape index (κ1) is 22.3. The highest BCUT2D eigenvalue weighted by atomic mass is 32.2. The topological polar surface area (TPSA) is 94.8 Å². The van der Waals surface area contributed by atoms with Crippen molar-refractivity contribution in [2.24, 2.45) is 0 Å². The van der Waals surface area contributed by atoms with Gasteiger partial charge in [0.2, 0.25) is 21.7 Å². The normalized spacial score (nSPS) is 17.3. The number of aromatic nitrogens is 2. The molecule has 1 atom stereocenters. The molecule has 1 aromatic heterocycles. The number of aryl methyl sites for hydroxylation is 2. The van der Waals surface area contributed by atoms with Crippen LogP contribution in [-0.4, -0.2) is 50.2 Å². The van der Waals surface area contributed by atoms with Gasteiger partial charge in [-0.05, 0) is 62.1 Å². The minimum atomic E-state index is -3.60. The van der Waals surface area contributed by atoms with E-state index in [4.69, 9.17) is 14.0 Å². The molecule has 0 unspecified atom stereocenters. The molecule has 0 N–H and O–H groups in total. The van der Waals surface area contributed by atoms with Gasteiger partial charge in [-0.25, -0.2) is 8.42 Å². The first-order valence-corrected chi connectivity index (χ1v) is 11.9. The van der Waals surface area contributed by atoms with Crippen LogP contribution in [0.25, 0.3) is 11.4 Å². The second-order valence-electron chi connectivity index (χ2n) is 8.01. The van der Waals surface area contributed by atoms with Crippen LogP contribution in [-0.2, 0) is 10.0 Å². The van der Waals surface area contributed by atoms with E-state index < -0.39 is 10.0 Å². The summed E-state index contributed by atoms with van der Waals surface area (Å²) >= 11 is 0. The van der Waals surface area contributed by atoms with Gasteiger partial charge in [-0.15, -0.1) is 0 Å². The number of ether oxygens (including phenoxy) is 2. The second-order valence-corrected chi connectivity index (χ2v) is 9.94. The smallest absolute Gasteiger partial charge is 0.243 e. The van der Waals surface area contributed by atoms with E-state index in [1.54, 1.807) is 44.6 Å². The number of sulfonamides is 1. The van der Waals surface area contributed by atoms with Gasteiger partial charge in [0.1, 0.15) is 11.5 Å². The van der Waals surface area contributed by atoms with E-state index in [0.29, 0.717) is 46.8 Å². The Kier molecular flexibility index (Phi) is 6.21. The number of nitrogens with zero attached hydrogens (tertiary/aromatic N) is 3. The van der Waals surface area contributed by atoms with Gasteiger partial charge in [-0.1, -0.05) is 11.2 Å². The highest BCUT2D eigenvalue weighted by Gasteiger charge is 2.33. The molecular formula is C23H27N3O5S. The fraction of sp³-hybridized carbons (Fsp3) is 0.391. The zero-order valence-electron chi connectivity index (χ0n) is 18.7. The Balaban J connectivity index is 1.57. The molecular weight excluding hydrogens is 430 g/mol. The van der Waals surface area contributed by atoms with Gasteiger partial charge < -0.3 is 14.0 Å². The van der Waals surface area contributed by atoms with Crippen molar-refractivity contribution in [3.8, 4) is 22.9 Å². The van der Waals surface area contributed by atoms with Crippen molar-refractivity contribution in [2.75, 3.05) is 27.3 Å². The third-order valence-corrected chi connectivity index (χ3v) is 7.76. The summed E-state index contributed by atoms with van der Waals surface area (Å²) in [5, 5.41) is 4.11. The van der Waals surface area contributed by atoms with Gasteiger partial charge in [0.25, 0.3) is 0 Å². The Morgan fingerprint density at radius 3 is 2.41 bits per heavy atom. The van der Waals surface area contributed by atoms with Gasteiger partial charge in [-0.2, -0.15) is 9.29 Å². The van der Waals surface area contributed by atoms with Crippen LogP contribution >= 0.6 is 0 Å². The van der Waals surface area contributed by atoms with E-state index in [1.807, 2.05) is 19.9 Å². The van der Waals surface area contributed by atoms with Crippen LogP contribution in [0, 0.1) is 13.8 Å². The summed E-state index contributed by atoms with van der Waals surface area (Å²) in [7, 11) is -0.443. The fourth-order valence-electron chi connectivity index (χ4n) is 3.84. The molecule has 4 rings (SSSR count). The van der Waals surface area contributed by atoms with E-state index in [0.717, 1.165) is 24.0 Å². The summed E-state index contributed by atoms with van der Waals surface area (Å²) in [6.07, 6.45) is 1.50. The summed E-state index contributed by atoms with van der Waals surface area (Å²) < 4.78 is 44.1. The number of benzene rings is 2. The number of methoxy groups -OCH3 is 2. The van der Waals surface area contributed by atoms with Crippen LogP contribution in [0.4, 0.5) is 0 Å². The van der Waals surface area contributed by atoms with Crippen molar-refractivity contribution >= 4 is 10.0 Å². The maximum absolute atomic E-state index is 13.2. The molecule has 1 fully saturated rings. The molecule has 1 aliphatic heterocycles. The third-order valence-electron chi connectivity index (χ3n) is 5.90. The van der Waals surface area contributed by atoms with Gasteiger partial charge >= 0.3 is 0 Å². The minimum Gasteiger partial charge on any atom is -0.497 e. The summed E-state index contributed by atoms with van der Waals surface area (Å²) in [5.74, 6) is 1.91. The van der Waals surface area contributed by atoms with Crippen molar-refractivity contribution in [1.82, 2.24) is 14.4 Å². The Morgan fingerprint density at radius 2 is 1.75 bits per heavy atom. The van der Waals surface area contributed by atoms with Gasteiger partial charge in [0.15, 0.2) is 0 Å². The summed E-state index contributed by atoms with van der Waals surface area (Å²) in [4.78, 5) is 4.88. The first-order chi connectivity index (χ1) is 15.3. The van der Waals surface area contributed by atoms with Crippen LogP contribution in [0.15, 0.2) is 45.8 Å². The zero-order valence-corrected chi connectivity index (χ0v) is 19.5. The molecule has 170 valence electrons. The minimum absolute atomic E-state index is 0.168. The predicted molar refractivity (Wildman–Crippen MR) is 119 cm³/mol. The largest absolute Gasteiger partial charge is 0.497 e. The molecule has 0 saturated carbocycles. The number of hydrogen-bond donors (Lipinski definition) is 0. The molecule has 0 spiro atoms. The summed E-state index contributed by atoms with van der Waals surface area (Å²) in [5.41, 5.74) is 2.72. The van der Waals surface area contributed by atoms with Crippen LogP contribution < -0.4 is 9.47 Å². The lowest BCUT2D eigenvalue weighted by Crippen LogP contribution is -2.39. The maximum atomic E-state index is 13.2. The average Bonchev–Trinajstić information content (AvgIpc) is 3.31. The molecule has 0 bridgehead atoms. The van der Waals surface area contributed by atoms with Crippen molar-refractivity contribution in [3.05, 3.63) is 53.4 Å². The lowest BCUT2D eigenvalue weighted by atomic mass is 10.00. The summed E-state index contributed by atoms with van der Waals surface area (Å²) in [6, 6.07) is 10.6. The van der Waals surface area contributed by atoms with E-state index >= 15 is 0 Å². The molecule has 8 nitrogen and oxygen atoms in total. The van der Waals surface area contributed by atoms with Crippen LogP contribution in [0.2, 0.25) is 0 Å². The quantitative estimate of drug-likeness (QED) is 0.553. The van der Waals surface area contributed by atoms with Crippen LogP contribution in [0.1, 0.15) is 35.8 Å². The highest BCUT2D eigenvalue weighted by Crippen LogP contribution is 2.33. The van der Waals surface area contributed by atoms with Gasteiger partial charge in [0, 0.05) is 24.7 Å².